The van der Waals surface area contributed by atoms with Gasteiger partial charge in [0, 0.05) is 23.7 Å². The maximum atomic E-state index is 13.7. The molecule has 4 heterocycles. The van der Waals surface area contributed by atoms with Crippen molar-refractivity contribution < 1.29 is 18.3 Å². The summed E-state index contributed by atoms with van der Waals surface area (Å²) in [5, 5.41) is 13.3. The van der Waals surface area contributed by atoms with Gasteiger partial charge in [-0.15, -0.1) is 0 Å². The predicted octanol–water partition coefficient (Wildman–Crippen LogP) is 3.76. The van der Waals surface area contributed by atoms with Crippen LogP contribution in [-0.4, -0.2) is 47.9 Å². The Morgan fingerprint density at radius 1 is 1.03 bits per heavy atom. The zero-order valence-electron chi connectivity index (χ0n) is 19.9. The van der Waals surface area contributed by atoms with Crippen LogP contribution in [0.25, 0.3) is 10.9 Å². The molecule has 2 aliphatic rings. The van der Waals surface area contributed by atoms with Crippen molar-refractivity contribution in [1.29, 1.82) is 0 Å². The molecule has 36 heavy (non-hydrogen) atoms. The molecule has 2 aliphatic heterocycles. The van der Waals surface area contributed by atoms with E-state index in [9.17, 15) is 8.78 Å². The highest BCUT2D eigenvalue weighted by Gasteiger charge is 2.24. The van der Waals surface area contributed by atoms with Gasteiger partial charge < -0.3 is 30.7 Å². The average Bonchev–Trinajstić information content (AvgIpc) is 2.86. The molecule has 4 N–H and O–H groups in total. The van der Waals surface area contributed by atoms with E-state index in [1.807, 2.05) is 13.0 Å². The standard InChI is InChI=1S/C25H27F2N7O2/c1-25(33-17-9-15-10-19(26)20(27)12-21(15)30-14-17)5-8-29-24(34-25)32-16-11-22(35-2)23(31-13-16)36-18-3-6-28-7-4-18/h5,8-14,18,28,33H,3-4,6-7H2,1-2H3,(H2,29,32,34). The molecule has 3 aromatic rings. The molecule has 1 atom stereocenters. The van der Waals surface area contributed by atoms with Gasteiger partial charge in [-0.05, 0) is 51.1 Å². The molecule has 0 spiro atoms. The Hall–Kier alpha value is -3.99. The topological polar surface area (TPSA) is 105 Å². The number of ether oxygens (including phenoxy) is 2. The third-order valence-corrected chi connectivity index (χ3v) is 5.96. The number of fused-ring (bicyclic) bond motifs is 1. The van der Waals surface area contributed by atoms with Gasteiger partial charge in [0.1, 0.15) is 6.10 Å². The van der Waals surface area contributed by atoms with Crippen LogP contribution in [0, 0.1) is 11.6 Å². The number of hydrogen-bond acceptors (Lipinski definition) is 9. The number of halogens is 2. The molecule has 0 radical (unpaired) electrons. The highest BCUT2D eigenvalue weighted by atomic mass is 19.2. The number of anilines is 2. The lowest BCUT2D eigenvalue weighted by atomic mass is 10.1. The summed E-state index contributed by atoms with van der Waals surface area (Å²) in [5.41, 5.74) is 0.800. The van der Waals surface area contributed by atoms with Gasteiger partial charge in [0.2, 0.25) is 5.96 Å². The third kappa shape index (κ3) is 5.30. The van der Waals surface area contributed by atoms with Crippen LogP contribution in [0.3, 0.4) is 0 Å². The van der Waals surface area contributed by atoms with E-state index in [1.54, 1.807) is 37.8 Å². The highest BCUT2D eigenvalue weighted by Crippen LogP contribution is 2.30. The van der Waals surface area contributed by atoms with E-state index in [1.165, 1.54) is 0 Å². The Kier molecular flexibility index (Phi) is 6.55. The Labute approximate surface area is 207 Å². The van der Waals surface area contributed by atoms with Crippen LogP contribution >= 0.6 is 0 Å². The van der Waals surface area contributed by atoms with Crippen LogP contribution in [0.5, 0.6) is 11.6 Å². The van der Waals surface area contributed by atoms with Crippen LogP contribution < -0.4 is 30.7 Å². The van der Waals surface area contributed by atoms with Gasteiger partial charge in [-0.1, -0.05) is 0 Å². The largest absolute Gasteiger partial charge is 0.491 e. The predicted molar refractivity (Wildman–Crippen MR) is 134 cm³/mol. The second kappa shape index (κ2) is 9.94. The summed E-state index contributed by atoms with van der Waals surface area (Å²) < 4.78 is 38.7. The Morgan fingerprint density at radius 3 is 2.61 bits per heavy atom. The van der Waals surface area contributed by atoms with Crippen molar-refractivity contribution in [3.05, 3.63) is 60.6 Å². The zero-order valence-corrected chi connectivity index (χ0v) is 19.9. The number of pyridine rings is 2. The summed E-state index contributed by atoms with van der Waals surface area (Å²) in [6.07, 6.45) is 8.75. The van der Waals surface area contributed by atoms with Crippen molar-refractivity contribution >= 4 is 28.2 Å². The normalized spacial score (nSPS) is 19.9. The number of piperidine rings is 1. The SMILES string of the molecule is COc1cc(NC2=NC(C)(Nc3cnc4cc(F)c(F)cc4c3)C=CN2)cnc1OC1CCNCC1. The van der Waals surface area contributed by atoms with Gasteiger partial charge in [-0.2, -0.15) is 0 Å². The fraction of sp³-hybridized carbons (Fsp3) is 0.320. The first-order valence-corrected chi connectivity index (χ1v) is 11.7. The second-order valence-corrected chi connectivity index (χ2v) is 8.82. The first kappa shape index (κ1) is 23.7. The van der Waals surface area contributed by atoms with E-state index in [2.05, 4.69) is 31.2 Å². The number of benzene rings is 1. The van der Waals surface area contributed by atoms with Crippen molar-refractivity contribution in [2.24, 2.45) is 4.99 Å². The summed E-state index contributed by atoms with van der Waals surface area (Å²) in [5.74, 6) is -0.390. The molecule has 0 amide bonds. The van der Waals surface area contributed by atoms with Crippen LogP contribution in [0.15, 0.2) is 53.9 Å². The van der Waals surface area contributed by atoms with Gasteiger partial charge in [0.15, 0.2) is 23.0 Å². The molecule has 5 rings (SSSR count). The summed E-state index contributed by atoms with van der Waals surface area (Å²) in [6, 6.07) is 5.70. The monoisotopic (exact) mass is 495 g/mol. The zero-order chi connectivity index (χ0) is 25.1. The van der Waals surface area contributed by atoms with Crippen molar-refractivity contribution in [1.82, 2.24) is 20.6 Å². The second-order valence-electron chi connectivity index (χ2n) is 8.82. The first-order valence-electron chi connectivity index (χ1n) is 11.7. The Morgan fingerprint density at radius 2 is 1.81 bits per heavy atom. The molecule has 0 saturated carbocycles. The Bertz CT molecular complexity index is 1330. The molecule has 0 bridgehead atoms. The van der Waals surface area contributed by atoms with E-state index in [4.69, 9.17) is 14.5 Å². The van der Waals surface area contributed by atoms with Gasteiger partial charge >= 0.3 is 0 Å². The highest BCUT2D eigenvalue weighted by molar-refractivity contribution is 5.95. The molecule has 9 nitrogen and oxygen atoms in total. The third-order valence-electron chi connectivity index (χ3n) is 5.96. The van der Waals surface area contributed by atoms with E-state index in [0.717, 1.165) is 38.1 Å². The quantitative estimate of drug-likeness (QED) is 0.410. The van der Waals surface area contributed by atoms with Crippen molar-refractivity contribution in [2.45, 2.75) is 31.5 Å². The summed E-state index contributed by atoms with van der Waals surface area (Å²) in [7, 11) is 1.58. The van der Waals surface area contributed by atoms with E-state index >= 15 is 0 Å². The molecular formula is C25H27F2N7O2. The fourth-order valence-corrected chi connectivity index (χ4v) is 4.14. The number of rotatable bonds is 6. The maximum absolute atomic E-state index is 13.7. The summed E-state index contributed by atoms with van der Waals surface area (Å²) in [6.45, 7) is 3.71. The molecule has 11 heteroatoms. The van der Waals surface area contributed by atoms with E-state index < -0.39 is 17.3 Å². The van der Waals surface area contributed by atoms with Crippen molar-refractivity contribution in [3.8, 4) is 11.6 Å². The molecule has 1 saturated heterocycles. The van der Waals surface area contributed by atoms with Crippen molar-refractivity contribution in [2.75, 3.05) is 30.8 Å². The van der Waals surface area contributed by atoms with Crippen LogP contribution in [-0.2, 0) is 0 Å². The molecule has 188 valence electrons. The lowest BCUT2D eigenvalue weighted by molar-refractivity contribution is 0.150. The smallest absolute Gasteiger partial charge is 0.257 e. The minimum Gasteiger partial charge on any atom is -0.491 e. The maximum Gasteiger partial charge on any atom is 0.257 e. The number of nitrogens with one attached hydrogen (secondary N) is 4. The van der Waals surface area contributed by atoms with Crippen LogP contribution in [0.4, 0.5) is 20.2 Å². The van der Waals surface area contributed by atoms with Crippen LogP contribution in [0.2, 0.25) is 0 Å². The van der Waals surface area contributed by atoms with Gasteiger partial charge in [0.05, 0.1) is 36.4 Å². The number of aliphatic imine (C=N–C) groups is 1. The molecule has 0 aliphatic carbocycles. The van der Waals surface area contributed by atoms with Gasteiger partial charge in [-0.25, -0.2) is 18.8 Å². The molecule has 1 aromatic carbocycles. The Balaban J connectivity index is 1.31. The summed E-state index contributed by atoms with van der Waals surface area (Å²) in [4.78, 5) is 13.4. The van der Waals surface area contributed by atoms with Crippen molar-refractivity contribution in [3.63, 3.8) is 0 Å². The lowest BCUT2D eigenvalue weighted by Gasteiger charge is -2.29. The van der Waals surface area contributed by atoms with Gasteiger partial charge in [-0.3, -0.25) is 4.98 Å². The van der Waals surface area contributed by atoms with E-state index in [0.29, 0.717) is 39.9 Å². The number of hydrogen-bond donors (Lipinski definition) is 4. The summed E-state index contributed by atoms with van der Waals surface area (Å²) >= 11 is 0. The minimum atomic E-state index is -0.929. The fourth-order valence-electron chi connectivity index (χ4n) is 4.14. The van der Waals surface area contributed by atoms with Gasteiger partial charge in [0.25, 0.3) is 5.88 Å². The number of nitrogens with zero attached hydrogens (tertiary/aromatic N) is 3. The first-order chi connectivity index (χ1) is 17.4. The molecule has 1 unspecified atom stereocenters. The number of guanidine groups is 1. The average molecular weight is 496 g/mol. The molecule has 1 fully saturated rings. The van der Waals surface area contributed by atoms with E-state index in [-0.39, 0.29) is 6.10 Å². The molecular weight excluding hydrogens is 468 g/mol. The lowest BCUT2D eigenvalue weighted by Crippen LogP contribution is -2.40. The molecule has 2 aromatic heterocycles. The van der Waals surface area contributed by atoms with Crippen LogP contribution in [0.1, 0.15) is 19.8 Å². The number of aromatic nitrogens is 2. The minimum absolute atomic E-state index is 0.105. The number of methoxy groups -OCH3 is 1.